The van der Waals surface area contributed by atoms with Gasteiger partial charge in [-0.15, -0.1) is 0 Å². The zero-order valence-electron chi connectivity index (χ0n) is 20.4. The van der Waals surface area contributed by atoms with Crippen LogP contribution in [0.15, 0.2) is 24.3 Å². The van der Waals surface area contributed by atoms with Gasteiger partial charge in [0.15, 0.2) is 6.29 Å². The van der Waals surface area contributed by atoms with Crippen LogP contribution in [0.4, 0.5) is 5.69 Å². The Balaban J connectivity index is 1.86. The largest absolute Gasteiger partial charge is 0.463 e. The maximum absolute atomic E-state index is 11.9. The van der Waals surface area contributed by atoms with E-state index in [1.165, 1.54) is 31.2 Å². The molecule has 0 aromatic heterocycles. The zero-order chi connectivity index (χ0) is 28.1. The molecule has 0 unspecified atom stereocenters. The second kappa shape index (κ2) is 12.7. The summed E-state index contributed by atoms with van der Waals surface area (Å²) >= 11 is 0. The van der Waals surface area contributed by atoms with E-state index in [1.54, 1.807) is 0 Å². The molecule has 2 fully saturated rings. The van der Waals surface area contributed by atoms with Crippen LogP contribution in [-0.2, 0) is 23.8 Å². The topological polar surface area (TPSA) is 239 Å². The van der Waals surface area contributed by atoms with Gasteiger partial charge in [0.05, 0.1) is 18.1 Å². The van der Waals surface area contributed by atoms with Gasteiger partial charge < -0.3 is 55.1 Å². The smallest absolute Gasteiger partial charge is 0.269 e. The number of carbonyl (C=O) groups is 2. The molecule has 0 aliphatic carbocycles. The van der Waals surface area contributed by atoms with Gasteiger partial charge in [0.1, 0.15) is 54.5 Å². The van der Waals surface area contributed by atoms with E-state index in [0.717, 1.165) is 6.92 Å². The summed E-state index contributed by atoms with van der Waals surface area (Å²) in [5.41, 5.74) is -0.197. The minimum absolute atomic E-state index is 0.100. The fraction of sp³-hybridized carbons (Fsp3) is 0.636. The van der Waals surface area contributed by atoms with Crippen LogP contribution in [0.2, 0.25) is 0 Å². The quantitative estimate of drug-likeness (QED) is 0.120. The molecule has 0 bridgehead atoms. The van der Waals surface area contributed by atoms with Crippen LogP contribution < -0.4 is 15.4 Å². The normalized spacial score (nSPS) is 35.2. The summed E-state index contributed by atoms with van der Waals surface area (Å²) in [6.45, 7) is 0.888. The fourth-order valence-electron chi connectivity index (χ4n) is 4.25. The molecule has 2 heterocycles. The lowest BCUT2D eigenvalue weighted by molar-refractivity contribution is -0.384. The number of ether oxygens (including phenoxy) is 4. The van der Waals surface area contributed by atoms with Crippen LogP contribution in [0.1, 0.15) is 13.8 Å². The SMILES string of the molecule is CC(=O)N[C@H]1[C@@H](Oc2ccc([N+](=O)[O-])cc2)O[C@H](CO)[C@H](O[C@@H]2O[C@H](CO)[C@@H](O)[C@H](O)[C@H]2NC(C)=O)[C@@H]1O. The molecule has 38 heavy (non-hydrogen) atoms. The third kappa shape index (κ3) is 6.72. The zero-order valence-corrected chi connectivity index (χ0v) is 20.4. The van der Waals surface area contributed by atoms with Crippen molar-refractivity contribution in [2.24, 2.45) is 0 Å². The molecule has 2 aliphatic rings. The molecule has 1 aromatic rings. The monoisotopic (exact) mass is 545 g/mol. The number of nitrogens with one attached hydrogen (secondary N) is 2. The van der Waals surface area contributed by atoms with Gasteiger partial charge in [-0.1, -0.05) is 0 Å². The van der Waals surface area contributed by atoms with Crippen molar-refractivity contribution >= 4 is 17.5 Å². The number of amides is 2. The van der Waals surface area contributed by atoms with Gasteiger partial charge in [-0.05, 0) is 12.1 Å². The van der Waals surface area contributed by atoms with E-state index in [2.05, 4.69) is 10.6 Å². The second-order valence-corrected chi connectivity index (χ2v) is 8.84. The predicted octanol–water partition coefficient (Wildman–Crippen LogP) is -3.11. The summed E-state index contributed by atoms with van der Waals surface area (Å²) in [6.07, 6.45) is -11.8. The average Bonchev–Trinajstić information content (AvgIpc) is 2.86. The molecule has 212 valence electrons. The Labute approximate surface area is 216 Å². The van der Waals surface area contributed by atoms with Gasteiger partial charge in [0, 0.05) is 26.0 Å². The Morgan fingerprint density at radius 1 is 0.895 bits per heavy atom. The van der Waals surface area contributed by atoms with Crippen molar-refractivity contribution in [1.29, 1.82) is 0 Å². The van der Waals surface area contributed by atoms with Crippen molar-refractivity contribution < 1.29 is 59.0 Å². The van der Waals surface area contributed by atoms with E-state index in [0.29, 0.717) is 0 Å². The first-order valence-corrected chi connectivity index (χ1v) is 11.6. The number of carbonyl (C=O) groups excluding carboxylic acids is 2. The Hall–Kier alpha value is -2.96. The first-order valence-electron chi connectivity index (χ1n) is 11.6. The predicted molar refractivity (Wildman–Crippen MR) is 123 cm³/mol. The van der Waals surface area contributed by atoms with E-state index >= 15 is 0 Å². The molecule has 7 N–H and O–H groups in total. The summed E-state index contributed by atoms with van der Waals surface area (Å²) < 4.78 is 22.8. The third-order valence-corrected chi connectivity index (χ3v) is 6.06. The summed E-state index contributed by atoms with van der Waals surface area (Å²) in [6, 6.07) is 2.29. The van der Waals surface area contributed by atoms with E-state index in [9.17, 15) is 45.2 Å². The Bertz CT molecular complexity index is 980. The van der Waals surface area contributed by atoms with Crippen molar-refractivity contribution in [3.8, 4) is 5.75 Å². The molecular weight excluding hydrogens is 514 g/mol. The second-order valence-electron chi connectivity index (χ2n) is 8.84. The molecular formula is C22H31N3O13. The number of rotatable bonds is 9. The number of nitrogens with zero attached hydrogens (tertiary/aromatic N) is 1. The number of aliphatic hydroxyl groups excluding tert-OH is 5. The lowest BCUT2D eigenvalue weighted by Crippen LogP contribution is -2.69. The number of hydrogen-bond acceptors (Lipinski definition) is 13. The summed E-state index contributed by atoms with van der Waals surface area (Å²) in [7, 11) is 0. The van der Waals surface area contributed by atoms with Gasteiger partial charge in [-0.3, -0.25) is 19.7 Å². The van der Waals surface area contributed by atoms with Crippen LogP contribution in [0, 0.1) is 10.1 Å². The first kappa shape index (κ1) is 29.6. The van der Waals surface area contributed by atoms with Crippen molar-refractivity contribution in [3.05, 3.63) is 34.4 Å². The molecule has 3 rings (SSSR count). The number of nitro benzene ring substituents is 1. The Kier molecular flexibility index (Phi) is 9.91. The Morgan fingerprint density at radius 3 is 1.92 bits per heavy atom. The number of hydrogen-bond donors (Lipinski definition) is 7. The maximum atomic E-state index is 11.9. The first-order chi connectivity index (χ1) is 18.0. The van der Waals surface area contributed by atoms with Crippen molar-refractivity contribution in [2.75, 3.05) is 13.2 Å². The molecule has 2 amide bonds. The van der Waals surface area contributed by atoms with Gasteiger partial charge in [-0.2, -0.15) is 0 Å². The van der Waals surface area contributed by atoms with E-state index in [4.69, 9.17) is 18.9 Å². The highest BCUT2D eigenvalue weighted by Gasteiger charge is 2.52. The summed E-state index contributed by atoms with van der Waals surface area (Å²) in [5, 5.41) is 67.2. The fourth-order valence-corrected chi connectivity index (χ4v) is 4.25. The van der Waals surface area contributed by atoms with E-state index in [1.807, 2.05) is 0 Å². The minimum atomic E-state index is -1.63. The van der Waals surface area contributed by atoms with Crippen molar-refractivity contribution in [2.45, 2.75) is 75.1 Å². The third-order valence-electron chi connectivity index (χ3n) is 6.06. The molecule has 16 heteroatoms. The highest BCUT2D eigenvalue weighted by Crippen LogP contribution is 2.31. The summed E-state index contributed by atoms with van der Waals surface area (Å²) in [4.78, 5) is 33.9. The summed E-state index contributed by atoms with van der Waals surface area (Å²) in [5.74, 6) is -1.09. The molecule has 2 saturated heterocycles. The van der Waals surface area contributed by atoms with Gasteiger partial charge in [-0.25, -0.2) is 0 Å². The molecule has 0 saturated carbocycles. The lowest BCUT2D eigenvalue weighted by Gasteiger charge is -2.48. The number of benzene rings is 1. The van der Waals surface area contributed by atoms with Crippen LogP contribution >= 0.6 is 0 Å². The minimum Gasteiger partial charge on any atom is -0.463 e. The van der Waals surface area contributed by atoms with Crippen LogP contribution in [0.3, 0.4) is 0 Å². The standard InChI is InChI=1S/C22H31N3O13/c1-9(28)23-15-18(31)17(30)13(7-26)36-22(15)38-20-14(8-27)37-21(16(19(20)32)24-10(2)29)35-12-5-3-11(4-6-12)25(33)34/h3-6,13-22,26-27,30-32H,7-8H2,1-2H3,(H,23,28)(H,24,29)/t13-,14-,15-,16-,17-,18-,19-,20+,21+,22+/m1/s1. The average molecular weight is 545 g/mol. The number of aliphatic hydroxyl groups is 5. The highest BCUT2D eigenvalue weighted by atomic mass is 16.7. The van der Waals surface area contributed by atoms with Crippen LogP contribution in [0.5, 0.6) is 5.75 Å². The highest BCUT2D eigenvalue weighted by molar-refractivity contribution is 5.73. The van der Waals surface area contributed by atoms with Crippen molar-refractivity contribution in [1.82, 2.24) is 10.6 Å². The van der Waals surface area contributed by atoms with Gasteiger partial charge >= 0.3 is 0 Å². The molecule has 1 aromatic carbocycles. The lowest BCUT2D eigenvalue weighted by atomic mass is 9.94. The maximum Gasteiger partial charge on any atom is 0.269 e. The van der Waals surface area contributed by atoms with Gasteiger partial charge in [0.2, 0.25) is 18.1 Å². The number of nitro groups is 1. The Morgan fingerprint density at radius 2 is 1.42 bits per heavy atom. The number of non-ortho nitro benzene ring substituents is 1. The molecule has 10 atom stereocenters. The molecule has 2 aliphatic heterocycles. The van der Waals surface area contributed by atoms with Crippen molar-refractivity contribution in [3.63, 3.8) is 0 Å². The van der Waals surface area contributed by atoms with Crippen LogP contribution in [0.25, 0.3) is 0 Å². The molecule has 0 radical (unpaired) electrons. The molecule has 16 nitrogen and oxygen atoms in total. The van der Waals surface area contributed by atoms with E-state index in [-0.39, 0.29) is 11.4 Å². The van der Waals surface area contributed by atoms with E-state index < -0.39 is 91.2 Å². The van der Waals surface area contributed by atoms with Gasteiger partial charge in [0.25, 0.3) is 5.69 Å². The van der Waals surface area contributed by atoms with Crippen LogP contribution in [-0.4, -0.2) is 117 Å². The molecule has 0 spiro atoms.